The molecular weight excluding hydrogens is 104 g/mol. The van der Waals surface area contributed by atoms with E-state index in [1.807, 2.05) is 6.08 Å². The van der Waals surface area contributed by atoms with Crippen molar-refractivity contribution >= 4 is 0 Å². The molecule has 0 saturated carbocycles. The van der Waals surface area contributed by atoms with Gasteiger partial charge in [0.15, 0.2) is 0 Å². The van der Waals surface area contributed by atoms with Crippen molar-refractivity contribution < 1.29 is 10.2 Å². The van der Waals surface area contributed by atoms with Crippen molar-refractivity contribution in [1.82, 2.24) is 0 Å². The fourth-order valence-electron chi connectivity index (χ4n) is 0.872. The number of rotatable bonds is 1. The molecule has 1 rings (SSSR count). The van der Waals surface area contributed by atoms with Gasteiger partial charge < -0.3 is 10.2 Å². The van der Waals surface area contributed by atoms with Gasteiger partial charge in [0, 0.05) is 12.5 Å². The standard InChI is InChI=1S/C6H10O2/c7-4-5-2-1-3-6(5)8/h1,3,5-8H,2,4H2. The van der Waals surface area contributed by atoms with Crippen molar-refractivity contribution in [2.75, 3.05) is 6.61 Å². The highest BCUT2D eigenvalue weighted by atomic mass is 16.3. The minimum Gasteiger partial charge on any atom is -0.396 e. The van der Waals surface area contributed by atoms with Gasteiger partial charge in [0.05, 0.1) is 6.10 Å². The van der Waals surface area contributed by atoms with Crippen molar-refractivity contribution in [3.8, 4) is 0 Å². The predicted octanol–water partition coefficient (Wildman–Crippen LogP) is -0.0843. The first-order valence-electron chi connectivity index (χ1n) is 2.80. The van der Waals surface area contributed by atoms with Crippen LogP contribution < -0.4 is 0 Å². The van der Waals surface area contributed by atoms with E-state index in [-0.39, 0.29) is 12.5 Å². The lowest BCUT2D eigenvalue weighted by atomic mass is 10.1. The first-order valence-corrected chi connectivity index (χ1v) is 2.80. The first-order chi connectivity index (χ1) is 3.84. The van der Waals surface area contributed by atoms with Gasteiger partial charge in [0.1, 0.15) is 0 Å². The van der Waals surface area contributed by atoms with E-state index < -0.39 is 6.10 Å². The molecular formula is C6H10O2. The van der Waals surface area contributed by atoms with E-state index in [1.165, 1.54) is 0 Å². The Balaban J connectivity index is 2.38. The maximum atomic E-state index is 8.94. The lowest BCUT2D eigenvalue weighted by molar-refractivity contribution is 0.112. The van der Waals surface area contributed by atoms with E-state index in [0.717, 1.165) is 6.42 Å². The van der Waals surface area contributed by atoms with Crippen LogP contribution in [0.4, 0.5) is 0 Å². The Bertz CT molecular complexity index is 98.7. The van der Waals surface area contributed by atoms with Crippen LogP contribution in [0.5, 0.6) is 0 Å². The number of allylic oxidation sites excluding steroid dienone is 1. The van der Waals surface area contributed by atoms with Gasteiger partial charge in [-0.3, -0.25) is 0 Å². The Hall–Kier alpha value is -0.340. The summed E-state index contributed by atoms with van der Waals surface area (Å²) in [6, 6.07) is 0. The van der Waals surface area contributed by atoms with Crippen molar-refractivity contribution in [2.45, 2.75) is 12.5 Å². The molecule has 0 bridgehead atoms. The van der Waals surface area contributed by atoms with Crippen LogP contribution in [0.1, 0.15) is 6.42 Å². The van der Waals surface area contributed by atoms with Crippen molar-refractivity contribution in [3.05, 3.63) is 12.2 Å². The van der Waals surface area contributed by atoms with Crippen LogP contribution in [0.15, 0.2) is 12.2 Å². The summed E-state index contributed by atoms with van der Waals surface area (Å²) in [6.07, 6.45) is 4.03. The van der Waals surface area contributed by atoms with E-state index in [2.05, 4.69) is 0 Å². The molecule has 2 heteroatoms. The Morgan fingerprint density at radius 2 is 2.38 bits per heavy atom. The Kier molecular flexibility index (Phi) is 1.65. The summed E-state index contributed by atoms with van der Waals surface area (Å²) in [6.45, 7) is 0.0914. The van der Waals surface area contributed by atoms with Crippen LogP contribution in [0, 0.1) is 5.92 Å². The molecule has 0 aromatic carbocycles. The third-order valence-corrected chi connectivity index (χ3v) is 1.49. The van der Waals surface area contributed by atoms with Crippen molar-refractivity contribution in [1.29, 1.82) is 0 Å². The molecule has 0 amide bonds. The maximum absolute atomic E-state index is 8.94. The third kappa shape index (κ3) is 0.904. The molecule has 2 unspecified atom stereocenters. The smallest absolute Gasteiger partial charge is 0.0773 e. The number of hydrogen-bond donors (Lipinski definition) is 2. The van der Waals surface area contributed by atoms with E-state index >= 15 is 0 Å². The molecule has 0 radical (unpaired) electrons. The molecule has 2 N–H and O–H groups in total. The zero-order chi connectivity index (χ0) is 5.98. The summed E-state index contributed by atoms with van der Waals surface area (Å²) in [4.78, 5) is 0. The molecule has 0 aromatic rings. The maximum Gasteiger partial charge on any atom is 0.0773 e. The van der Waals surface area contributed by atoms with Crippen LogP contribution in [0.25, 0.3) is 0 Å². The van der Waals surface area contributed by atoms with Crippen molar-refractivity contribution in [3.63, 3.8) is 0 Å². The van der Waals surface area contributed by atoms with Gasteiger partial charge in [-0.25, -0.2) is 0 Å². The van der Waals surface area contributed by atoms with Crippen LogP contribution in [0.3, 0.4) is 0 Å². The minimum absolute atomic E-state index is 0.0648. The van der Waals surface area contributed by atoms with E-state index in [4.69, 9.17) is 10.2 Å². The molecule has 2 atom stereocenters. The summed E-state index contributed by atoms with van der Waals surface area (Å²) in [5.74, 6) is 0.0648. The Labute approximate surface area is 48.5 Å². The number of hydrogen-bond acceptors (Lipinski definition) is 2. The van der Waals surface area contributed by atoms with Gasteiger partial charge in [-0.2, -0.15) is 0 Å². The van der Waals surface area contributed by atoms with Crippen molar-refractivity contribution in [2.24, 2.45) is 5.92 Å². The van der Waals surface area contributed by atoms with Crippen LogP contribution in [-0.2, 0) is 0 Å². The molecule has 0 aliphatic heterocycles. The van der Waals surface area contributed by atoms with Crippen LogP contribution >= 0.6 is 0 Å². The van der Waals surface area contributed by atoms with Gasteiger partial charge in [-0.05, 0) is 6.42 Å². The van der Waals surface area contributed by atoms with Gasteiger partial charge in [-0.1, -0.05) is 12.2 Å². The fraction of sp³-hybridized carbons (Fsp3) is 0.667. The third-order valence-electron chi connectivity index (χ3n) is 1.49. The average molecular weight is 114 g/mol. The Morgan fingerprint density at radius 1 is 1.62 bits per heavy atom. The lowest BCUT2D eigenvalue weighted by Gasteiger charge is -2.08. The zero-order valence-corrected chi connectivity index (χ0v) is 4.62. The number of aliphatic hydroxyl groups is 2. The molecule has 8 heavy (non-hydrogen) atoms. The molecule has 2 nitrogen and oxygen atoms in total. The SMILES string of the molecule is OCC1CC=CC1O. The summed E-state index contributed by atoms with van der Waals surface area (Å²) in [5, 5.41) is 17.5. The fourth-order valence-corrected chi connectivity index (χ4v) is 0.872. The van der Waals surface area contributed by atoms with Crippen LogP contribution in [-0.4, -0.2) is 22.9 Å². The first kappa shape index (κ1) is 5.79. The van der Waals surface area contributed by atoms with E-state index in [9.17, 15) is 0 Å². The molecule has 0 aromatic heterocycles. The summed E-state index contributed by atoms with van der Waals surface area (Å²) in [5.41, 5.74) is 0. The Morgan fingerprint density at radius 3 is 2.62 bits per heavy atom. The topological polar surface area (TPSA) is 40.5 Å². The highest BCUT2D eigenvalue weighted by molar-refractivity contribution is 5.01. The highest BCUT2D eigenvalue weighted by Gasteiger charge is 2.18. The largest absolute Gasteiger partial charge is 0.396 e. The van der Waals surface area contributed by atoms with Gasteiger partial charge in [0.2, 0.25) is 0 Å². The summed E-state index contributed by atoms with van der Waals surface area (Å²) in [7, 11) is 0. The highest BCUT2D eigenvalue weighted by Crippen LogP contribution is 2.16. The quantitative estimate of drug-likeness (QED) is 0.468. The van der Waals surface area contributed by atoms with E-state index in [1.54, 1.807) is 6.08 Å². The van der Waals surface area contributed by atoms with E-state index in [0.29, 0.717) is 0 Å². The monoisotopic (exact) mass is 114 g/mol. The molecule has 0 heterocycles. The van der Waals surface area contributed by atoms with Crippen LogP contribution in [0.2, 0.25) is 0 Å². The molecule has 0 spiro atoms. The zero-order valence-electron chi connectivity index (χ0n) is 4.62. The van der Waals surface area contributed by atoms with Gasteiger partial charge in [0.25, 0.3) is 0 Å². The molecule has 0 saturated heterocycles. The second-order valence-electron chi connectivity index (χ2n) is 2.10. The van der Waals surface area contributed by atoms with Gasteiger partial charge >= 0.3 is 0 Å². The molecule has 1 aliphatic rings. The normalized spacial score (nSPS) is 36.2. The molecule has 0 fully saturated rings. The summed E-state index contributed by atoms with van der Waals surface area (Å²) >= 11 is 0. The predicted molar refractivity (Wildman–Crippen MR) is 30.3 cm³/mol. The molecule has 1 aliphatic carbocycles. The lowest BCUT2D eigenvalue weighted by Crippen LogP contribution is -2.16. The summed E-state index contributed by atoms with van der Waals surface area (Å²) < 4.78 is 0. The number of aliphatic hydroxyl groups excluding tert-OH is 2. The second-order valence-corrected chi connectivity index (χ2v) is 2.10. The second kappa shape index (κ2) is 2.29. The average Bonchev–Trinajstić information content (AvgIpc) is 2.14. The minimum atomic E-state index is -0.403. The van der Waals surface area contributed by atoms with Gasteiger partial charge in [-0.15, -0.1) is 0 Å². The molecule has 46 valence electrons.